The van der Waals surface area contributed by atoms with Crippen molar-refractivity contribution in [2.45, 2.75) is 6.92 Å². The van der Waals surface area contributed by atoms with Gasteiger partial charge in [0.2, 0.25) is 5.75 Å². The summed E-state index contributed by atoms with van der Waals surface area (Å²) in [7, 11) is 4.62. The Morgan fingerprint density at radius 3 is 2.15 bits per heavy atom. The van der Waals surface area contributed by atoms with Gasteiger partial charge in [0, 0.05) is 16.0 Å². The van der Waals surface area contributed by atoms with Gasteiger partial charge >= 0.3 is 0 Å². The van der Waals surface area contributed by atoms with Gasteiger partial charge in [0.25, 0.3) is 0 Å². The number of aryl methyl sites for hydroxylation is 1. The van der Waals surface area contributed by atoms with Crippen molar-refractivity contribution in [1.29, 1.82) is 0 Å². The number of thiazole rings is 1. The van der Waals surface area contributed by atoms with Gasteiger partial charge in [-0.1, -0.05) is 35.5 Å². The average Bonchev–Trinajstić information content (AvgIpc) is 3.09. The SMILES string of the molecule is COc1cc(/C(=N/O)c2nc(-c3ccccc3)c(C)s2)cc(OC)c1OC. The average molecular weight is 384 g/mol. The molecule has 0 radical (unpaired) electrons. The van der Waals surface area contributed by atoms with E-state index >= 15 is 0 Å². The Morgan fingerprint density at radius 2 is 1.63 bits per heavy atom. The maximum atomic E-state index is 9.70. The van der Waals surface area contributed by atoms with Crippen molar-refractivity contribution in [1.82, 2.24) is 4.98 Å². The highest BCUT2D eigenvalue weighted by Gasteiger charge is 2.21. The van der Waals surface area contributed by atoms with Crippen molar-refractivity contribution in [3.05, 3.63) is 57.9 Å². The number of hydrogen-bond donors (Lipinski definition) is 1. The highest BCUT2D eigenvalue weighted by atomic mass is 32.1. The summed E-state index contributed by atoms with van der Waals surface area (Å²) in [5, 5.41) is 13.8. The summed E-state index contributed by atoms with van der Waals surface area (Å²) in [6.07, 6.45) is 0. The number of oxime groups is 1. The second-order valence-corrected chi connectivity index (χ2v) is 6.86. The van der Waals surface area contributed by atoms with Crippen LogP contribution in [-0.2, 0) is 0 Å². The van der Waals surface area contributed by atoms with Crippen LogP contribution in [0.1, 0.15) is 15.4 Å². The Kier molecular flexibility index (Phi) is 5.61. The molecule has 0 unspecified atom stereocenters. The minimum Gasteiger partial charge on any atom is -0.493 e. The molecular weight excluding hydrogens is 364 g/mol. The summed E-state index contributed by atoms with van der Waals surface area (Å²) in [5.41, 5.74) is 2.83. The van der Waals surface area contributed by atoms with Crippen LogP contribution in [0, 0.1) is 6.92 Å². The fraction of sp³-hybridized carbons (Fsp3) is 0.200. The molecule has 0 aliphatic heterocycles. The molecule has 6 nitrogen and oxygen atoms in total. The first-order valence-corrected chi connectivity index (χ1v) is 9.00. The van der Waals surface area contributed by atoms with E-state index in [1.807, 2.05) is 37.3 Å². The molecule has 3 rings (SSSR count). The number of hydrogen-bond acceptors (Lipinski definition) is 7. The summed E-state index contributed by atoms with van der Waals surface area (Å²) in [5.74, 6) is 1.43. The zero-order valence-electron chi connectivity index (χ0n) is 15.5. The summed E-state index contributed by atoms with van der Waals surface area (Å²) in [4.78, 5) is 5.73. The van der Waals surface area contributed by atoms with Crippen LogP contribution in [0.3, 0.4) is 0 Å². The van der Waals surface area contributed by atoms with Gasteiger partial charge in [-0.2, -0.15) is 0 Å². The maximum Gasteiger partial charge on any atom is 0.203 e. The van der Waals surface area contributed by atoms with Crippen LogP contribution in [0.4, 0.5) is 0 Å². The summed E-state index contributed by atoms with van der Waals surface area (Å²) < 4.78 is 16.1. The van der Waals surface area contributed by atoms with E-state index in [4.69, 9.17) is 19.2 Å². The molecule has 0 aliphatic carbocycles. The molecule has 27 heavy (non-hydrogen) atoms. The molecule has 140 valence electrons. The Balaban J connectivity index is 2.09. The molecule has 0 spiro atoms. The lowest BCUT2D eigenvalue weighted by molar-refractivity contribution is 0.318. The standard InChI is InChI=1S/C20H20N2O4S/c1-12-17(13-8-6-5-7-9-13)21-20(27-12)18(22-23)14-10-15(24-2)19(26-4)16(11-14)25-3/h5-11,23H,1-4H3/b22-18-. The fourth-order valence-electron chi connectivity index (χ4n) is 2.80. The van der Waals surface area contributed by atoms with E-state index in [-0.39, 0.29) is 0 Å². The van der Waals surface area contributed by atoms with Crippen molar-refractivity contribution in [2.75, 3.05) is 21.3 Å². The largest absolute Gasteiger partial charge is 0.493 e. The Labute approximate surface area is 161 Å². The van der Waals surface area contributed by atoms with Gasteiger partial charge in [-0.05, 0) is 19.1 Å². The minimum atomic E-state index is 0.338. The normalized spacial score (nSPS) is 11.3. The first kappa shape index (κ1) is 18.7. The lowest BCUT2D eigenvalue weighted by atomic mass is 10.1. The number of nitrogens with zero attached hydrogens (tertiary/aromatic N) is 2. The molecular formula is C20H20N2O4S. The third-order valence-corrected chi connectivity index (χ3v) is 5.06. The topological polar surface area (TPSA) is 73.2 Å². The molecule has 0 atom stereocenters. The molecule has 0 bridgehead atoms. The van der Waals surface area contributed by atoms with Crippen LogP contribution in [0.25, 0.3) is 11.3 Å². The quantitative estimate of drug-likeness (QED) is 0.388. The molecule has 3 aromatic rings. The highest BCUT2D eigenvalue weighted by molar-refractivity contribution is 7.14. The number of ether oxygens (including phenoxy) is 3. The Morgan fingerprint density at radius 1 is 1.00 bits per heavy atom. The second-order valence-electron chi connectivity index (χ2n) is 5.65. The van der Waals surface area contributed by atoms with E-state index in [2.05, 4.69) is 5.16 Å². The van der Waals surface area contributed by atoms with Crippen molar-refractivity contribution >= 4 is 17.0 Å². The first-order valence-electron chi connectivity index (χ1n) is 8.18. The predicted molar refractivity (Wildman–Crippen MR) is 106 cm³/mol. The van der Waals surface area contributed by atoms with E-state index in [9.17, 15) is 5.21 Å². The minimum absolute atomic E-state index is 0.338. The number of rotatable bonds is 6. The Hall–Kier alpha value is -3.06. The lowest BCUT2D eigenvalue weighted by Crippen LogP contribution is -2.05. The van der Waals surface area contributed by atoms with E-state index in [0.29, 0.717) is 33.5 Å². The molecule has 0 saturated carbocycles. The molecule has 0 amide bonds. The Bertz CT molecular complexity index is 942. The highest BCUT2D eigenvalue weighted by Crippen LogP contribution is 2.39. The van der Waals surface area contributed by atoms with Crippen LogP contribution in [-0.4, -0.2) is 37.2 Å². The third kappa shape index (κ3) is 3.59. The molecule has 0 aliphatic rings. The molecule has 1 heterocycles. The van der Waals surface area contributed by atoms with Crippen molar-refractivity contribution < 1.29 is 19.4 Å². The monoisotopic (exact) mass is 384 g/mol. The fourth-order valence-corrected chi connectivity index (χ4v) is 3.75. The summed E-state index contributed by atoms with van der Waals surface area (Å²) in [6.45, 7) is 1.99. The molecule has 1 N–H and O–H groups in total. The van der Waals surface area contributed by atoms with Crippen molar-refractivity contribution in [3.63, 3.8) is 0 Å². The van der Waals surface area contributed by atoms with Gasteiger partial charge in [0.15, 0.2) is 11.5 Å². The van der Waals surface area contributed by atoms with E-state index in [1.54, 1.807) is 12.1 Å². The molecule has 2 aromatic carbocycles. The van der Waals surface area contributed by atoms with Crippen LogP contribution in [0.2, 0.25) is 0 Å². The number of aromatic nitrogens is 1. The lowest BCUT2D eigenvalue weighted by Gasteiger charge is -2.14. The second kappa shape index (κ2) is 8.09. The predicted octanol–water partition coefficient (Wildman–Crippen LogP) is 4.37. The van der Waals surface area contributed by atoms with Gasteiger partial charge in [0.1, 0.15) is 10.7 Å². The van der Waals surface area contributed by atoms with E-state index in [1.165, 1.54) is 32.7 Å². The molecule has 7 heteroatoms. The third-order valence-electron chi connectivity index (χ3n) is 4.08. The van der Waals surface area contributed by atoms with Gasteiger partial charge in [-0.3, -0.25) is 0 Å². The molecule has 0 fully saturated rings. The van der Waals surface area contributed by atoms with Gasteiger partial charge < -0.3 is 19.4 Å². The first-order chi connectivity index (χ1) is 13.1. The summed E-state index contributed by atoms with van der Waals surface area (Å²) >= 11 is 1.46. The summed E-state index contributed by atoms with van der Waals surface area (Å²) in [6, 6.07) is 13.4. The zero-order chi connectivity index (χ0) is 19.4. The van der Waals surface area contributed by atoms with Gasteiger partial charge in [-0.25, -0.2) is 4.98 Å². The smallest absolute Gasteiger partial charge is 0.203 e. The van der Waals surface area contributed by atoms with Gasteiger partial charge in [-0.15, -0.1) is 11.3 Å². The van der Waals surface area contributed by atoms with Crippen LogP contribution < -0.4 is 14.2 Å². The van der Waals surface area contributed by atoms with Crippen LogP contribution in [0.5, 0.6) is 17.2 Å². The number of benzene rings is 2. The zero-order valence-corrected chi connectivity index (χ0v) is 16.3. The van der Waals surface area contributed by atoms with E-state index in [0.717, 1.165) is 16.1 Å². The number of methoxy groups -OCH3 is 3. The van der Waals surface area contributed by atoms with Gasteiger partial charge in [0.05, 0.1) is 27.0 Å². The molecule has 1 aromatic heterocycles. The van der Waals surface area contributed by atoms with Crippen LogP contribution in [0.15, 0.2) is 47.6 Å². The van der Waals surface area contributed by atoms with E-state index < -0.39 is 0 Å². The maximum absolute atomic E-state index is 9.70. The molecule has 0 saturated heterocycles. The van der Waals surface area contributed by atoms with Crippen molar-refractivity contribution in [3.8, 4) is 28.5 Å². The van der Waals surface area contributed by atoms with Crippen LogP contribution >= 0.6 is 11.3 Å². The van der Waals surface area contributed by atoms with Crippen molar-refractivity contribution in [2.24, 2.45) is 5.16 Å².